The van der Waals surface area contributed by atoms with Crippen molar-refractivity contribution in [2.75, 3.05) is 7.11 Å². The summed E-state index contributed by atoms with van der Waals surface area (Å²) in [6.45, 7) is 3.88. The van der Waals surface area contributed by atoms with Crippen molar-refractivity contribution < 1.29 is 18.7 Å². The van der Waals surface area contributed by atoms with Crippen molar-refractivity contribution >= 4 is 5.97 Å². The number of aryl methyl sites for hydroxylation is 2. The molecule has 0 saturated carbocycles. The molecule has 0 amide bonds. The predicted octanol–water partition coefficient (Wildman–Crippen LogP) is 2.05. The first-order valence-electron chi connectivity index (χ1n) is 5.70. The van der Waals surface area contributed by atoms with E-state index in [1.54, 1.807) is 6.07 Å². The third kappa shape index (κ3) is 2.90. The number of methoxy groups -OCH3 is 1. The Morgan fingerprint density at radius 3 is 2.84 bits per heavy atom. The molecule has 0 N–H and O–H groups in total. The van der Waals surface area contributed by atoms with Crippen molar-refractivity contribution in [2.45, 2.75) is 20.5 Å². The molecule has 2 aromatic rings. The van der Waals surface area contributed by atoms with Crippen LogP contribution in [0.2, 0.25) is 0 Å². The Morgan fingerprint density at radius 2 is 2.16 bits per heavy atom. The molecule has 0 aliphatic carbocycles. The number of carbonyl (C=O) groups excluding carboxylic acids is 1. The molecule has 0 fully saturated rings. The molecule has 6 nitrogen and oxygen atoms in total. The number of hydrogen-bond donors (Lipinski definition) is 0. The Bertz CT molecular complexity index is 592. The fraction of sp³-hybridized carbons (Fsp3) is 0.308. The lowest BCUT2D eigenvalue weighted by atomic mass is 10.2. The van der Waals surface area contributed by atoms with Gasteiger partial charge in [-0.05, 0) is 25.5 Å². The van der Waals surface area contributed by atoms with E-state index in [-0.39, 0.29) is 6.61 Å². The normalized spacial score (nSPS) is 10.3. The zero-order valence-corrected chi connectivity index (χ0v) is 11.0. The van der Waals surface area contributed by atoms with Crippen LogP contribution in [0, 0.1) is 13.8 Å². The van der Waals surface area contributed by atoms with Gasteiger partial charge in [-0.15, -0.1) is 5.10 Å². The molecule has 2 aromatic heterocycles. The molecule has 0 aromatic carbocycles. The number of aromatic nitrogens is 2. The van der Waals surface area contributed by atoms with Gasteiger partial charge in [0.15, 0.2) is 5.76 Å². The highest BCUT2D eigenvalue weighted by Crippen LogP contribution is 2.16. The highest BCUT2D eigenvalue weighted by Gasteiger charge is 2.15. The van der Waals surface area contributed by atoms with Crippen LogP contribution in [0.4, 0.5) is 0 Å². The van der Waals surface area contributed by atoms with Crippen molar-refractivity contribution in [2.24, 2.45) is 0 Å². The molecule has 0 aliphatic heterocycles. The molecule has 6 heteroatoms. The van der Waals surface area contributed by atoms with Gasteiger partial charge in [-0.1, -0.05) is 0 Å². The summed E-state index contributed by atoms with van der Waals surface area (Å²) in [6.07, 6.45) is 1.41. The molecule has 2 heterocycles. The lowest BCUT2D eigenvalue weighted by Gasteiger charge is -2.05. The monoisotopic (exact) mass is 262 g/mol. The minimum atomic E-state index is -0.460. The van der Waals surface area contributed by atoms with E-state index < -0.39 is 5.97 Å². The molecular weight excluding hydrogens is 248 g/mol. The average Bonchev–Trinajstić information content (AvgIpc) is 2.87. The molecule has 19 heavy (non-hydrogen) atoms. The minimum absolute atomic E-state index is 0.0919. The summed E-state index contributed by atoms with van der Waals surface area (Å²) in [7, 11) is 1.31. The van der Waals surface area contributed by atoms with Crippen LogP contribution in [0.25, 0.3) is 0 Å². The van der Waals surface area contributed by atoms with Crippen LogP contribution in [0.1, 0.15) is 27.4 Å². The fourth-order valence-electron chi connectivity index (χ4n) is 1.48. The van der Waals surface area contributed by atoms with Gasteiger partial charge in [0, 0.05) is 6.07 Å². The Balaban J connectivity index is 2.08. The first-order chi connectivity index (χ1) is 9.11. The summed E-state index contributed by atoms with van der Waals surface area (Å²) in [5.41, 5.74) is 2.18. The maximum atomic E-state index is 11.4. The second-order valence-electron chi connectivity index (χ2n) is 3.99. The van der Waals surface area contributed by atoms with Gasteiger partial charge in [-0.2, -0.15) is 5.10 Å². The first kappa shape index (κ1) is 13.1. The maximum Gasteiger partial charge on any atom is 0.341 e. The summed E-state index contributed by atoms with van der Waals surface area (Å²) in [5, 5.41) is 7.86. The summed E-state index contributed by atoms with van der Waals surface area (Å²) in [5.74, 6) is 0.320. The molecule has 100 valence electrons. The van der Waals surface area contributed by atoms with E-state index in [9.17, 15) is 4.79 Å². The number of ether oxygens (including phenoxy) is 2. The summed E-state index contributed by atoms with van der Waals surface area (Å²) in [6, 6.07) is 3.32. The fourth-order valence-corrected chi connectivity index (χ4v) is 1.48. The van der Waals surface area contributed by atoms with Gasteiger partial charge in [0.1, 0.15) is 12.2 Å². The zero-order valence-electron chi connectivity index (χ0n) is 11.0. The van der Waals surface area contributed by atoms with Gasteiger partial charge < -0.3 is 13.9 Å². The molecule has 2 rings (SSSR count). The third-order valence-corrected chi connectivity index (χ3v) is 2.71. The van der Waals surface area contributed by atoms with Crippen LogP contribution < -0.4 is 4.74 Å². The lowest BCUT2D eigenvalue weighted by Crippen LogP contribution is -2.06. The van der Waals surface area contributed by atoms with Gasteiger partial charge in [0.25, 0.3) is 0 Å². The number of furan rings is 1. The zero-order chi connectivity index (χ0) is 13.8. The molecule has 0 bridgehead atoms. The molecule has 0 unspecified atom stereocenters. The van der Waals surface area contributed by atoms with E-state index in [1.165, 1.54) is 19.4 Å². The SMILES string of the molecule is COC(=O)c1ccoc1COc1cc(C)c(C)nn1. The molecule has 0 radical (unpaired) electrons. The van der Waals surface area contributed by atoms with Gasteiger partial charge >= 0.3 is 5.97 Å². The number of carbonyl (C=O) groups is 1. The quantitative estimate of drug-likeness (QED) is 0.785. The van der Waals surface area contributed by atoms with Crippen LogP contribution in [-0.2, 0) is 11.3 Å². The highest BCUT2D eigenvalue weighted by molar-refractivity contribution is 5.90. The van der Waals surface area contributed by atoms with Crippen LogP contribution in [0.15, 0.2) is 22.8 Å². The topological polar surface area (TPSA) is 74.5 Å². The molecule has 0 atom stereocenters. The van der Waals surface area contributed by atoms with Gasteiger partial charge in [0.2, 0.25) is 5.88 Å². The van der Waals surface area contributed by atoms with Gasteiger partial charge in [-0.3, -0.25) is 0 Å². The van der Waals surface area contributed by atoms with Gasteiger partial charge in [-0.25, -0.2) is 4.79 Å². The summed E-state index contributed by atoms with van der Waals surface area (Å²) < 4.78 is 15.3. The van der Waals surface area contributed by atoms with E-state index in [0.29, 0.717) is 17.2 Å². The average molecular weight is 262 g/mol. The van der Waals surface area contributed by atoms with Crippen LogP contribution in [0.5, 0.6) is 5.88 Å². The minimum Gasteiger partial charge on any atom is -0.468 e. The van der Waals surface area contributed by atoms with E-state index >= 15 is 0 Å². The van der Waals surface area contributed by atoms with Crippen molar-refractivity contribution in [3.8, 4) is 5.88 Å². The predicted molar refractivity (Wildman–Crippen MR) is 65.9 cm³/mol. The van der Waals surface area contributed by atoms with Gasteiger partial charge in [0.05, 0.1) is 19.1 Å². The molecule has 0 aliphatic rings. The largest absolute Gasteiger partial charge is 0.468 e. The van der Waals surface area contributed by atoms with Crippen LogP contribution >= 0.6 is 0 Å². The molecule has 0 spiro atoms. The number of nitrogens with zero attached hydrogens (tertiary/aromatic N) is 2. The smallest absolute Gasteiger partial charge is 0.341 e. The van der Waals surface area contributed by atoms with Crippen molar-refractivity contribution in [1.29, 1.82) is 0 Å². The second kappa shape index (κ2) is 5.51. The maximum absolute atomic E-state index is 11.4. The van der Waals surface area contributed by atoms with E-state index in [4.69, 9.17) is 9.15 Å². The van der Waals surface area contributed by atoms with Crippen molar-refractivity contribution in [3.05, 3.63) is 41.0 Å². The Labute approximate surface area is 110 Å². The number of hydrogen-bond acceptors (Lipinski definition) is 6. The van der Waals surface area contributed by atoms with E-state index in [0.717, 1.165) is 11.3 Å². The Kier molecular flexibility index (Phi) is 3.79. The van der Waals surface area contributed by atoms with E-state index in [1.807, 2.05) is 13.8 Å². The summed E-state index contributed by atoms with van der Waals surface area (Å²) >= 11 is 0. The lowest BCUT2D eigenvalue weighted by molar-refractivity contribution is 0.0595. The Hall–Kier alpha value is -2.37. The second-order valence-corrected chi connectivity index (χ2v) is 3.99. The molecular formula is C13H14N2O4. The first-order valence-corrected chi connectivity index (χ1v) is 5.70. The van der Waals surface area contributed by atoms with Crippen LogP contribution in [0.3, 0.4) is 0 Å². The van der Waals surface area contributed by atoms with Crippen LogP contribution in [-0.4, -0.2) is 23.3 Å². The third-order valence-electron chi connectivity index (χ3n) is 2.71. The highest BCUT2D eigenvalue weighted by atomic mass is 16.5. The van der Waals surface area contributed by atoms with E-state index in [2.05, 4.69) is 14.9 Å². The Morgan fingerprint density at radius 1 is 1.37 bits per heavy atom. The van der Waals surface area contributed by atoms with Crippen molar-refractivity contribution in [3.63, 3.8) is 0 Å². The molecule has 0 saturated heterocycles. The standard InChI is InChI=1S/C13H14N2O4/c1-8-6-12(15-14-9(8)2)19-7-11-10(4-5-18-11)13(16)17-3/h4-6H,7H2,1-3H3. The summed E-state index contributed by atoms with van der Waals surface area (Å²) in [4.78, 5) is 11.4. The number of esters is 1. The number of rotatable bonds is 4. The van der Waals surface area contributed by atoms with Crippen molar-refractivity contribution in [1.82, 2.24) is 10.2 Å².